The Labute approximate surface area is 121 Å². The van der Waals surface area contributed by atoms with Crippen molar-refractivity contribution in [1.29, 1.82) is 0 Å². The van der Waals surface area contributed by atoms with Gasteiger partial charge in [0.2, 0.25) is 0 Å². The van der Waals surface area contributed by atoms with E-state index in [0.717, 1.165) is 15.1 Å². The number of halogens is 1. The number of carbonyl (C=O) groups excluding carboxylic acids is 1. The quantitative estimate of drug-likeness (QED) is 0.871. The number of hydrogen-bond donors (Lipinski definition) is 1. The van der Waals surface area contributed by atoms with Crippen molar-refractivity contribution in [2.24, 2.45) is 11.8 Å². The molecule has 1 aromatic rings. The van der Waals surface area contributed by atoms with E-state index in [1.165, 1.54) is 30.6 Å². The zero-order valence-electron chi connectivity index (χ0n) is 10.9. The van der Waals surface area contributed by atoms with E-state index in [2.05, 4.69) is 35.1 Å². The first-order valence-corrected chi connectivity index (χ1v) is 8.25. The van der Waals surface area contributed by atoms with E-state index in [4.69, 9.17) is 0 Å². The summed E-state index contributed by atoms with van der Waals surface area (Å²) in [5.74, 6) is 1.36. The van der Waals surface area contributed by atoms with Gasteiger partial charge in [0, 0.05) is 6.04 Å². The van der Waals surface area contributed by atoms with Crippen molar-refractivity contribution in [3.8, 4) is 0 Å². The number of amides is 1. The molecule has 0 aromatic carbocycles. The molecule has 18 heavy (non-hydrogen) atoms. The number of rotatable bonds is 3. The van der Waals surface area contributed by atoms with Crippen molar-refractivity contribution in [3.05, 3.63) is 20.8 Å². The van der Waals surface area contributed by atoms with Crippen molar-refractivity contribution in [1.82, 2.24) is 5.32 Å². The molecule has 0 bridgehead atoms. The maximum Gasteiger partial charge on any atom is 0.261 e. The van der Waals surface area contributed by atoms with Crippen molar-refractivity contribution in [2.75, 3.05) is 0 Å². The Balaban J connectivity index is 2.00. The fraction of sp³-hybridized carbons (Fsp3) is 0.643. The molecule has 100 valence electrons. The minimum atomic E-state index is 0.0863. The van der Waals surface area contributed by atoms with Crippen LogP contribution in [-0.2, 0) is 0 Å². The summed E-state index contributed by atoms with van der Waals surface area (Å²) in [5, 5.41) is 3.23. The van der Waals surface area contributed by atoms with Gasteiger partial charge >= 0.3 is 0 Å². The molecule has 2 atom stereocenters. The average molecular weight is 330 g/mol. The van der Waals surface area contributed by atoms with E-state index in [0.29, 0.717) is 17.9 Å². The van der Waals surface area contributed by atoms with Gasteiger partial charge in [-0.1, -0.05) is 26.7 Å². The summed E-state index contributed by atoms with van der Waals surface area (Å²) in [5.41, 5.74) is 0. The molecule has 1 heterocycles. The Morgan fingerprint density at radius 3 is 2.72 bits per heavy atom. The zero-order chi connectivity index (χ0) is 13.1. The van der Waals surface area contributed by atoms with E-state index in [9.17, 15) is 4.79 Å². The van der Waals surface area contributed by atoms with Gasteiger partial charge in [0.05, 0.1) is 8.66 Å². The molecule has 1 aliphatic rings. The normalized spacial score (nSPS) is 24.2. The number of hydrogen-bond acceptors (Lipinski definition) is 2. The van der Waals surface area contributed by atoms with Crippen molar-refractivity contribution >= 4 is 33.2 Å². The third-order valence-corrected chi connectivity index (χ3v) is 5.41. The molecule has 0 spiro atoms. The van der Waals surface area contributed by atoms with Crippen LogP contribution in [0.5, 0.6) is 0 Å². The molecule has 0 aliphatic heterocycles. The van der Waals surface area contributed by atoms with Crippen LogP contribution in [0.4, 0.5) is 0 Å². The highest BCUT2D eigenvalue weighted by molar-refractivity contribution is 9.11. The predicted octanol–water partition coefficient (Wildman–Crippen LogP) is 4.46. The Hall–Kier alpha value is -0.350. The molecule has 2 rings (SSSR count). The molecule has 2 nitrogen and oxygen atoms in total. The minimum Gasteiger partial charge on any atom is -0.348 e. The lowest BCUT2D eigenvalue weighted by atomic mass is 9.78. The zero-order valence-corrected chi connectivity index (χ0v) is 13.3. The highest BCUT2D eigenvalue weighted by Crippen LogP contribution is 2.31. The van der Waals surface area contributed by atoms with Crippen molar-refractivity contribution in [3.63, 3.8) is 0 Å². The fourth-order valence-electron chi connectivity index (χ4n) is 2.81. The Kier molecular flexibility index (Phi) is 4.84. The van der Waals surface area contributed by atoms with Gasteiger partial charge < -0.3 is 5.32 Å². The molecule has 1 fully saturated rings. The van der Waals surface area contributed by atoms with Gasteiger partial charge in [-0.2, -0.15) is 0 Å². The predicted molar refractivity (Wildman–Crippen MR) is 80.1 cm³/mol. The molecule has 1 N–H and O–H groups in total. The van der Waals surface area contributed by atoms with Crippen LogP contribution in [-0.4, -0.2) is 11.9 Å². The molecule has 1 amide bonds. The van der Waals surface area contributed by atoms with E-state index >= 15 is 0 Å². The molecule has 0 radical (unpaired) electrons. The summed E-state index contributed by atoms with van der Waals surface area (Å²) in [6.45, 7) is 4.52. The first kappa shape index (κ1) is 14.1. The minimum absolute atomic E-state index is 0.0863. The number of carbonyl (C=O) groups is 1. The monoisotopic (exact) mass is 329 g/mol. The van der Waals surface area contributed by atoms with Crippen molar-refractivity contribution in [2.45, 2.75) is 45.6 Å². The van der Waals surface area contributed by atoms with Crippen LogP contribution in [0, 0.1) is 11.8 Å². The Morgan fingerprint density at radius 1 is 1.39 bits per heavy atom. The van der Waals surface area contributed by atoms with E-state index < -0.39 is 0 Å². The topological polar surface area (TPSA) is 29.1 Å². The first-order chi connectivity index (χ1) is 8.58. The fourth-order valence-corrected chi connectivity index (χ4v) is 4.10. The van der Waals surface area contributed by atoms with Gasteiger partial charge in [-0.25, -0.2) is 0 Å². The second-order valence-corrected chi connectivity index (χ2v) is 7.84. The maximum atomic E-state index is 12.2. The molecule has 4 heteroatoms. The summed E-state index contributed by atoms with van der Waals surface area (Å²) in [6.07, 6.45) is 4.92. The molecule has 1 aliphatic carbocycles. The smallest absolute Gasteiger partial charge is 0.261 e. The summed E-state index contributed by atoms with van der Waals surface area (Å²) in [6, 6.07) is 4.17. The van der Waals surface area contributed by atoms with Crippen LogP contribution in [0.3, 0.4) is 0 Å². The van der Waals surface area contributed by atoms with Gasteiger partial charge in [0.25, 0.3) is 5.91 Å². The van der Waals surface area contributed by atoms with Crippen LogP contribution >= 0.6 is 27.3 Å². The summed E-state index contributed by atoms with van der Waals surface area (Å²) >= 11 is 4.90. The molecule has 1 aromatic heterocycles. The summed E-state index contributed by atoms with van der Waals surface area (Å²) < 4.78 is 1.01. The Bertz CT molecular complexity index is 416. The second kappa shape index (κ2) is 6.20. The third-order valence-electron chi connectivity index (χ3n) is 3.79. The largest absolute Gasteiger partial charge is 0.348 e. The van der Waals surface area contributed by atoms with E-state index in [1.807, 2.05) is 12.1 Å². The van der Waals surface area contributed by atoms with E-state index in [-0.39, 0.29) is 5.91 Å². The molecule has 0 saturated heterocycles. The lowest BCUT2D eigenvalue weighted by Gasteiger charge is -2.34. The summed E-state index contributed by atoms with van der Waals surface area (Å²) in [4.78, 5) is 13.0. The molecule has 2 unspecified atom stereocenters. The SMILES string of the molecule is CC(C)C1CCCCC1NC(=O)c1ccc(Br)s1. The van der Waals surface area contributed by atoms with Crippen LogP contribution in [0.25, 0.3) is 0 Å². The lowest BCUT2D eigenvalue weighted by Crippen LogP contribution is -2.43. The Morgan fingerprint density at radius 2 is 2.11 bits per heavy atom. The van der Waals surface area contributed by atoms with Gasteiger partial charge in [0.1, 0.15) is 0 Å². The first-order valence-electron chi connectivity index (χ1n) is 6.64. The second-order valence-electron chi connectivity index (χ2n) is 5.38. The van der Waals surface area contributed by atoms with Gasteiger partial charge in [0.15, 0.2) is 0 Å². The lowest BCUT2D eigenvalue weighted by molar-refractivity contribution is 0.0893. The average Bonchev–Trinajstić information content (AvgIpc) is 2.76. The highest BCUT2D eigenvalue weighted by atomic mass is 79.9. The standard InChI is InChI=1S/C14H20BrNOS/c1-9(2)10-5-3-4-6-11(10)16-14(17)12-7-8-13(15)18-12/h7-11H,3-6H2,1-2H3,(H,16,17). The van der Waals surface area contributed by atoms with Crippen LogP contribution in [0.15, 0.2) is 15.9 Å². The van der Waals surface area contributed by atoms with Gasteiger partial charge in [-0.3, -0.25) is 4.79 Å². The van der Waals surface area contributed by atoms with Gasteiger partial charge in [-0.05, 0) is 52.7 Å². The van der Waals surface area contributed by atoms with Crippen LogP contribution in [0.2, 0.25) is 0 Å². The van der Waals surface area contributed by atoms with E-state index in [1.54, 1.807) is 0 Å². The third kappa shape index (κ3) is 3.35. The molecular formula is C14H20BrNOS. The number of thiophene rings is 1. The molecular weight excluding hydrogens is 310 g/mol. The molecule has 1 saturated carbocycles. The highest BCUT2D eigenvalue weighted by Gasteiger charge is 2.29. The van der Waals surface area contributed by atoms with Crippen molar-refractivity contribution < 1.29 is 4.79 Å². The maximum absolute atomic E-state index is 12.2. The summed E-state index contributed by atoms with van der Waals surface area (Å²) in [7, 11) is 0. The van der Waals surface area contributed by atoms with Crippen LogP contribution in [0.1, 0.15) is 49.2 Å². The van der Waals surface area contributed by atoms with Crippen LogP contribution < -0.4 is 5.32 Å². The number of nitrogens with one attached hydrogen (secondary N) is 1. The van der Waals surface area contributed by atoms with Gasteiger partial charge in [-0.15, -0.1) is 11.3 Å².